The molecule has 0 saturated carbocycles. The number of piperazine rings is 1. The molecule has 148 valence electrons. The fraction of sp³-hybridized carbons (Fsp3) is 0.300. The molecule has 0 unspecified atom stereocenters. The number of nitrogens with zero attached hydrogens (tertiary/aromatic N) is 2. The standard InChI is InChI=1S/C20H23N3O4S/c24-19(15-17-7-3-1-4-8-17)21-16-20(25)22-11-13-23(14-12-22)28(26,27)18-9-5-2-6-10-18/h1-10H,11-16H2,(H,21,24). The summed E-state index contributed by atoms with van der Waals surface area (Å²) in [5.41, 5.74) is 0.882. The van der Waals surface area contributed by atoms with Gasteiger partial charge < -0.3 is 10.2 Å². The minimum absolute atomic E-state index is 0.0862. The van der Waals surface area contributed by atoms with Crippen LogP contribution in [0.1, 0.15) is 5.56 Å². The number of hydrogen-bond donors (Lipinski definition) is 1. The van der Waals surface area contributed by atoms with E-state index in [2.05, 4.69) is 5.32 Å². The first-order valence-corrected chi connectivity index (χ1v) is 10.5. The molecule has 1 N–H and O–H groups in total. The minimum atomic E-state index is -3.55. The maximum absolute atomic E-state index is 12.6. The highest BCUT2D eigenvalue weighted by Crippen LogP contribution is 2.17. The Hall–Kier alpha value is -2.71. The van der Waals surface area contributed by atoms with Crippen LogP contribution < -0.4 is 5.32 Å². The summed E-state index contributed by atoms with van der Waals surface area (Å²) < 4.78 is 26.6. The second-order valence-corrected chi connectivity index (χ2v) is 8.47. The van der Waals surface area contributed by atoms with Gasteiger partial charge in [0.2, 0.25) is 21.8 Å². The molecule has 1 aliphatic rings. The first-order chi connectivity index (χ1) is 13.5. The third-order valence-corrected chi connectivity index (χ3v) is 6.53. The van der Waals surface area contributed by atoms with E-state index in [0.29, 0.717) is 13.1 Å². The lowest BCUT2D eigenvalue weighted by Crippen LogP contribution is -2.52. The third-order valence-electron chi connectivity index (χ3n) is 4.62. The largest absolute Gasteiger partial charge is 0.347 e. The number of rotatable bonds is 6. The van der Waals surface area contributed by atoms with Crippen molar-refractivity contribution in [3.8, 4) is 0 Å². The molecule has 0 radical (unpaired) electrons. The topological polar surface area (TPSA) is 86.8 Å². The lowest BCUT2D eigenvalue weighted by molar-refractivity contribution is -0.133. The van der Waals surface area contributed by atoms with Crippen LogP contribution in [0.3, 0.4) is 0 Å². The molecule has 0 atom stereocenters. The zero-order chi connectivity index (χ0) is 20.0. The predicted octanol–water partition coefficient (Wildman–Crippen LogP) is 0.878. The van der Waals surface area contributed by atoms with Gasteiger partial charge in [0.15, 0.2) is 0 Å². The van der Waals surface area contributed by atoms with Crippen LogP contribution in [-0.4, -0.2) is 62.2 Å². The molecule has 2 aromatic carbocycles. The Balaban J connectivity index is 1.47. The Bertz CT molecular complexity index is 909. The molecular formula is C20H23N3O4S. The van der Waals surface area contributed by atoms with Crippen molar-refractivity contribution in [3.63, 3.8) is 0 Å². The SMILES string of the molecule is O=C(Cc1ccccc1)NCC(=O)N1CCN(S(=O)(=O)c2ccccc2)CC1. The van der Waals surface area contributed by atoms with Gasteiger partial charge in [0, 0.05) is 26.2 Å². The summed E-state index contributed by atoms with van der Waals surface area (Å²) in [6.07, 6.45) is 0.219. The zero-order valence-corrected chi connectivity index (χ0v) is 16.3. The average Bonchev–Trinajstić information content (AvgIpc) is 2.73. The highest BCUT2D eigenvalue weighted by Gasteiger charge is 2.29. The molecule has 7 nitrogen and oxygen atoms in total. The number of sulfonamides is 1. The fourth-order valence-corrected chi connectivity index (χ4v) is 4.49. The number of carbonyl (C=O) groups excluding carboxylic acids is 2. The van der Waals surface area contributed by atoms with Gasteiger partial charge >= 0.3 is 0 Å². The molecule has 0 bridgehead atoms. The highest BCUT2D eigenvalue weighted by molar-refractivity contribution is 7.89. The van der Waals surface area contributed by atoms with Crippen molar-refractivity contribution >= 4 is 21.8 Å². The first-order valence-electron chi connectivity index (χ1n) is 9.10. The van der Waals surface area contributed by atoms with E-state index in [1.807, 2.05) is 30.3 Å². The summed E-state index contributed by atoms with van der Waals surface area (Å²) in [4.78, 5) is 26.1. The van der Waals surface area contributed by atoms with Gasteiger partial charge in [-0.25, -0.2) is 8.42 Å². The molecule has 1 heterocycles. The summed E-state index contributed by atoms with van der Waals surface area (Å²) >= 11 is 0. The second-order valence-electron chi connectivity index (χ2n) is 6.54. The molecule has 8 heteroatoms. The number of nitrogens with one attached hydrogen (secondary N) is 1. The van der Waals surface area contributed by atoms with Gasteiger partial charge in [-0.15, -0.1) is 0 Å². The van der Waals surface area contributed by atoms with E-state index in [1.165, 1.54) is 4.31 Å². The van der Waals surface area contributed by atoms with E-state index in [9.17, 15) is 18.0 Å². The van der Waals surface area contributed by atoms with Gasteiger partial charge in [0.05, 0.1) is 17.9 Å². The Morgan fingerprint density at radius 1 is 0.857 bits per heavy atom. The molecule has 2 amide bonds. The van der Waals surface area contributed by atoms with Crippen LogP contribution in [0.4, 0.5) is 0 Å². The predicted molar refractivity (Wildman–Crippen MR) is 105 cm³/mol. The smallest absolute Gasteiger partial charge is 0.243 e. The highest BCUT2D eigenvalue weighted by atomic mass is 32.2. The van der Waals surface area contributed by atoms with E-state index in [1.54, 1.807) is 35.2 Å². The van der Waals surface area contributed by atoms with Gasteiger partial charge in [-0.2, -0.15) is 4.31 Å². The van der Waals surface area contributed by atoms with Gasteiger partial charge in [-0.05, 0) is 17.7 Å². The number of hydrogen-bond acceptors (Lipinski definition) is 4. The first kappa shape index (κ1) is 20.0. The van der Waals surface area contributed by atoms with E-state index in [-0.39, 0.29) is 42.8 Å². The number of benzene rings is 2. The molecule has 0 spiro atoms. The maximum atomic E-state index is 12.6. The van der Waals surface area contributed by atoms with Gasteiger partial charge in [0.1, 0.15) is 0 Å². The van der Waals surface area contributed by atoms with Crippen LogP contribution in [0.2, 0.25) is 0 Å². The van der Waals surface area contributed by atoms with Crippen molar-refractivity contribution in [1.29, 1.82) is 0 Å². The second kappa shape index (κ2) is 8.99. The fourth-order valence-electron chi connectivity index (χ4n) is 3.05. The van der Waals surface area contributed by atoms with E-state index in [4.69, 9.17) is 0 Å². The summed E-state index contributed by atoms with van der Waals surface area (Å²) in [6, 6.07) is 17.6. The monoisotopic (exact) mass is 401 g/mol. The molecule has 0 aliphatic carbocycles. The van der Waals surface area contributed by atoms with Crippen LogP contribution >= 0.6 is 0 Å². The van der Waals surface area contributed by atoms with Crippen LogP contribution in [-0.2, 0) is 26.0 Å². The lowest BCUT2D eigenvalue weighted by Gasteiger charge is -2.34. The summed E-state index contributed by atoms with van der Waals surface area (Å²) in [7, 11) is -3.55. The summed E-state index contributed by atoms with van der Waals surface area (Å²) in [6.45, 7) is 0.998. The van der Waals surface area contributed by atoms with E-state index in [0.717, 1.165) is 5.56 Å². The number of carbonyl (C=O) groups is 2. The molecule has 1 aliphatic heterocycles. The number of amides is 2. The minimum Gasteiger partial charge on any atom is -0.347 e. The van der Waals surface area contributed by atoms with Gasteiger partial charge in [0.25, 0.3) is 0 Å². The van der Waals surface area contributed by atoms with Crippen LogP contribution in [0.5, 0.6) is 0 Å². The molecule has 28 heavy (non-hydrogen) atoms. The Morgan fingerprint density at radius 2 is 1.43 bits per heavy atom. The molecule has 1 fully saturated rings. The normalized spacial score (nSPS) is 15.2. The molecule has 3 rings (SSSR count). The third kappa shape index (κ3) is 4.96. The molecule has 1 saturated heterocycles. The lowest BCUT2D eigenvalue weighted by atomic mass is 10.1. The van der Waals surface area contributed by atoms with Crippen molar-refractivity contribution in [2.75, 3.05) is 32.7 Å². The van der Waals surface area contributed by atoms with Crippen LogP contribution in [0.15, 0.2) is 65.6 Å². The Morgan fingerprint density at radius 3 is 2.04 bits per heavy atom. The van der Waals surface area contributed by atoms with E-state index < -0.39 is 10.0 Å². The molecular weight excluding hydrogens is 378 g/mol. The van der Waals surface area contributed by atoms with Crippen molar-refractivity contribution in [2.45, 2.75) is 11.3 Å². The van der Waals surface area contributed by atoms with Crippen molar-refractivity contribution in [1.82, 2.24) is 14.5 Å². The van der Waals surface area contributed by atoms with Gasteiger partial charge in [-0.1, -0.05) is 48.5 Å². The molecule has 0 aromatic heterocycles. The molecule has 2 aromatic rings. The quantitative estimate of drug-likeness (QED) is 0.779. The summed E-state index contributed by atoms with van der Waals surface area (Å²) in [5.74, 6) is -0.428. The summed E-state index contributed by atoms with van der Waals surface area (Å²) in [5, 5.41) is 2.63. The van der Waals surface area contributed by atoms with E-state index >= 15 is 0 Å². The van der Waals surface area contributed by atoms with Gasteiger partial charge in [-0.3, -0.25) is 9.59 Å². The Kier molecular flexibility index (Phi) is 6.43. The van der Waals surface area contributed by atoms with Crippen molar-refractivity contribution < 1.29 is 18.0 Å². The van der Waals surface area contributed by atoms with Crippen LogP contribution in [0.25, 0.3) is 0 Å². The van der Waals surface area contributed by atoms with Crippen molar-refractivity contribution in [3.05, 3.63) is 66.2 Å². The zero-order valence-electron chi connectivity index (χ0n) is 15.5. The maximum Gasteiger partial charge on any atom is 0.243 e. The Labute approximate surface area is 165 Å². The average molecular weight is 401 g/mol. The van der Waals surface area contributed by atoms with Crippen LogP contribution in [0, 0.1) is 0 Å². The van der Waals surface area contributed by atoms with Crippen molar-refractivity contribution in [2.24, 2.45) is 0 Å².